The Bertz CT molecular complexity index is 326. The molecule has 78 valence electrons. The molecule has 0 heterocycles. The zero-order valence-corrected chi connectivity index (χ0v) is 8.73. The molecule has 2 nitrogen and oxygen atoms in total. The minimum atomic E-state index is -0.0345. The molecule has 0 saturated carbocycles. The van der Waals surface area contributed by atoms with Crippen LogP contribution in [-0.4, -0.2) is 6.10 Å². The van der Waals surface area contributed by atoms with Gasteiger partial charge in [-0.15, -0.1) is 6.58 Å². The Morgan fingerprint density at radius 2 is 2.13 bits per heavy atom. The molecule has 1 atom stereocenters. The molecule has 0 aliphatic heterocycles. The topological polar surface area (TPSA) is 33.0 Å². The maximum absolute atomic E-state index is 8.60. The largest absolute Gasteiger partial charge is 0.372 e. The molecule has 0 aromatic heterocycles. The summed E-state index contributed by atoms with van der Waals surface area (Å²) in [5.41, 5.74) is 1.13. The van der Waals surface area contributed by atoms with Crippen molar-refractivity contribution in [1.29, 1.82) is 5.26 Å². The van der Waals surface area contributed by atoms with Crippen molar-refractivity contribution in [2.24, 2.45) is 0 Å². The molecule has 0 aliphatic carbocycles. The summed E-state index contributed by atoms with van der Waals surface area (Å²) < 4.78 is 5.62. The van der Waals surface area contributed by atoms with Crippen molar-refractivity contribution in [2.75, 3.05) is 0 Å². The van der Waals surface area contributed by atoms with E-state index in [0.29, 0.717) is 13.0 Å². The number of nitriles is 1. The molecule has 0 saturated heterocycles. The van der Waals surface area contributed by atoms with Crippen molar-refractivity contribution < 1.29 is 4.74 Å². The average Bonchev–Trinajstić information content (AvgIpc) is 2.28. The maximum atomic E-state index is 8.60. The van der Waals surface area contributed by atoms with Crippen LogP contribution < -0.4 is 0 Å². The van der Waals surface area contributed by atoms with E-state index in [-0.39, 0.29) is 6.10 Å². The van der Waals surface area contributed by atoms with Gasteiger partial charge in [-0.3, -0.25) is 0 Å². The molecule has 0 N–H and O–H groups in total. The fourth-order valence-electron chi connectivity index (χ4n) is 1.29. The second-order valence-corrected chi connectivity index (χ2v) is 3.31. The molecule has 0 unspecified atom stereocenters. The van der Waals surface area contributed by atoms with Gasteiger partial charge in [0.2, 0.25) is 0 Å². The normalized spacial score (nSPS) is 11.7. The Morgan fingerprint density at radius 1 is 1.40 bits per heavy atom. The fraction of sp³-hybridized carbons (Fsp3) is 0.308. The van der Waals surface area contributed by atoms with E-state index >= 15 is 0 Å². The Balaban J connectivity index is 2.40. The summed E-state index contributed by atoms with van der Waals surface area (Å²) in [4.78, 5) is 0. The van der Waals surface area contributed by atoms with Crippen LogP contribution in [0.25, 0.3) is 0 Å². The smallest absolute Gasteiger partial charge is 0.0743 e. The summed E-state index contributed by atoms with van der Waals surface area (Å²) in [6.45, 7) is 4.20. The predicted molar refractivity (Wildman–Crippen MR) is 60.1 cm³/mol. The van der Waals surface area contributed by atoms with Crippen LogP contribution in [0.15, 0.2) is 43.0 Å². The second-order valence-electron chi connectivity index (χ2n) is 3.31. The number of rotatable bonds is 6. The number of nitrogens with zero attached hydrogens (tertiary/aromatic N) is 1. The molecular formula is C13H15NO. The number of hydrogen-bond acceptors (Lipinski definition) is 2. The first-order chi connectivity index (χ1) is 7.36. The molecule has 2 heteroatoms. The first-order valence-electron chi connectivity index (χ1n) is 5.00. The van der Waals surface area contributed by atoms with Crippen molar-refractivity contribution >= 4 is 0 Å². The third-order valence-electron chi connectivity index (χ3n) is 2.08. The lowest BCUT2D eigenvalue weighted by Gasteiger charge is -2.12. The SMILES string of the molecule is C=CC[C@@H](CC#N)OCc1ccccc1. The summed E-state index contributed by atoms with van der Waals surface area (Å²) in [6, 6.07) is 12.1. The van der Waals surface area contributed by atoms with Gasteiger partial charge in [-0.2, -0.15) is 5.26 Å². The van der Waals surface area contributed by atoms with Crippen LogP contribution in [0.2, 0.25) is 0 Å². The van der Waals surface area contributed by atoms with E-state index < -0.39 is 0 Å². The number of hydrogen-bond donors (Lipinski definition) is 0. The van der Waals surface area contributed by atoms with Gasteiger partial charge in [-0.1, -0.05) is 36.4 Å². The highest BCUT2D eigenvalue weighted by Gasteiger charge is 2.06. The van der Waals surface area contributed by atoms with Crippen LogP contribution in [0, 0.1) is 11.3 Å². The molecule has 1 aromatic carbocycles. The Labute approximate surface area is 90.8 Å². The molecule has 1 rings (SSSR count). The van der Waals surface area contributed by atoms with Crippen LogP contribution in [-0.2, 0) is 11.3 Å². The lowest BCUT2D eigenvalue weighted by atomic mass is 10.2. The minimum absolute atomic E-state index is 0.0345. The first-order valence-corrected chi connectivity index (χ1v) is 5.00. The summed E-state index contributed by atoms with van der Waals surface area (Å²) in [5.74, 6) is 0. The van der Waals surface area contributed by atoms with E-state index in [2.05, 4.69) is 12.6 Å². The predicted octanol–water partition coefficient (Wildman–Crippen LogP) is 3.06. The quantitative estimate of drug-likeness (QED) is 0.663. The van der Waals surface area contributed by atoms with Gasteiger partial charge in [0.15, 0.2) is 0 Å². The van der Waals surface area contributed by atoms with Crippen LogP contribution in [0.3, 0.4) is 0 Å². The number of ether oxygens (including phenoxy) is 1. The molecule has 15 heavy (non-hydrogen) atoms. The summed E-state index contributed by atoms with van der Waals surface area (Å²) in [5, 5.41) is 8.60. The first kappa shape index (κ1) is 11.5. The highest BCUT2D eigenvalue weighted by atomic mass is 16.5. The zero-order chi connectivity index (χ0) is 10.9. The molecule has 0 radical (unpaired) electrons. The van der Waals surface area contributed by atoms with Gasteiger partial charge in [0.25, 0.3) is 0 Å². The monoisotopic (exact) mass is 201 g/mol. The molecule has 0 amide bonds. The molecule has 0 fully saturated rings. The average molecular weight is 201 g/mol. The van der Waals surface area contributed by atoms with Gasteiger partial charge in [-0.25, -0.2) is 0 Å². The van der Waals surface area contributed by atoms with Crippen molar-refractivity contribution in [3.05, 3.63) is 48.6 Å². The van der Waals surface area contributed by atoms with Gasteiger partial charge in [0, 0.05) is 0 Å². The van der Waals surface area contributed by atoms with Crippen LogP contribution >= 0.6 is 0 Å². The van der Waals surface area contributed by atoms with Gasteiger partial charge >= 0.3 is 0 Å². The Hall–Kier alpha value is -1.59. The van der Waals surface area contributed by atoms with Crippen molar-refractivity contribution in [1.82, 2.24) is 0 Å². The van der Waals surface area contributed by atoms with Crippen molar-refractivity contribution in [3.8, 4) is 6.07 Å². The third kappa shape index (κ3) is 4.44. The van der Waals surface area contributed by atoms with E-state index in [0.717, 1.165) is 12.0 Å². The molecule has 1 aromatic rings. The van der Waals surface area contributed by atoms with E-state index in [1.165, 1.54) is 0 Å². The molecule has 0 spiro atoms. The van der Waals surface area contributed by atoms with E-state index in [1.54, 1.807) is 6.08 Å². The maximum Gasteiger partial charge on any atom is 0.0743 e. The highest BCUT2D eigenvalue weighted by molar-refractivity contribution is 5.13. The van der Waals surface area contributed by atoms with Crippen molar-refractivity contribution in [3.63, 3.8) is 0 Å². The Morgan fingerprint density at radius 3 is 2.73 bits per heavy atom. The molecule has 0 aliphatic rings. The van der Waals surface area contributed by atoms with Gasteiger partial charge in [0.1, 0.15) is 0 Å². The number of benzene rings is 1. The standard InChI is InChI=1S/C13H15NO/c1-2-6-13(9-10-14)15-11-12-7-4-3-5-8-12/h2-5,7-8,13H,1,6,9,11H2/t13-/m0/s1. The van der Waals surface area contributed by atoms with Crippen LogP contribution in [0.4, 0.5) is 0 Å². The second kappa shape index (κ2) is 6.80. The third-order valence-corrected chi connectivity index (χ3v) is 2.08. The fourth-order valence-corrected chi connectivity index (χ4v) is 1.29. The summed E-state index contributed by atoms with van der Waals surface area (Å²) >= 11 is 0. The van der Waals surface area contributed by atoms with Crippen LogP contribution in [0.1, 0.15) is 18.4 Å². The Kier molecular flexibility index (Phi) is 5.21. The van der Waals surface area contributed by atoms with Crippen molar-refractivity contribution in [2.45, 2.75) is 25.6 Å². The summed E-state index contributed by atoms with van der Waals surface area (Å²) in [6.07, 6.45) is 2.89. The summed E-state index contributed by atoms with van der Waals surface area (Å²) in [7, 11) is 0. The van der Waals surface area contributed by atoms with Gasteiger partial charge < -0.3 is 4.74 Å². The highest BCUT2D eigenvalue weighted by Crippen LogP contribution is 2.08. The molecular weight excluding hydrogens is 186 g/mol. The van der Waals surface area contributed by atoms with E-state index in [4.69, 9.17) is 10.00 Å². The van der Waals surface area contributed by atoms with Gasteiger partial charge in [-0.05, 0) is 12.0 Å². The van der Waals surface area contributed by atoms with E-state index in [1.807, 2.05) is 30.3 Å². The van der Waals surface area contributed by atoms with Crippen LogP contribution in [0.5, 0.6) is 0 Å². The van der Waals surface area contributed by atoms with E-state index in [9.17, 15) is 0 Å². The lowest BCUT2D eigenvalue weighted by Crippen LogP contribution is -2.10. The molecule has 0 bridgehead atoms. The zero-order valence-electron chi connectivity index (χ0n) is 8.73. The lowest BCUT2D eigenvalue weighted by molar-refractivity contribution is 0.0458. The van der Waals surface area contributed by atoms with Gasteiger partial charge in [0.05, 0.1) is 25.2 Å². The minimum Gasteiger partial charge on any atom is -0.372 e.